The quantitative estimate of drug-likeness (QED) is 0.724. The number of amides is 2. The molecule has 2 amide bonds. The van der Waals surface area contributed by atoms with Gasteiger partial charge in [0.1, 0.15) is 12.3 Å². The van der Waals surface area contributed by atoms with E-state index in [-0.39, 0.29) is 18.4 Å². The third-order valence-electron chi connectivity index (χ3n) is 4.14. The van der Waals surface area contributed by atoms with Crippen LogP contribution in [0.15, 0.2) is 65.2 Å². The number of nitrogens with zero attached hydrogens (tertiary/aromatic N) is 2. The summed E-state index contributed by atoms with van der Waals surface area (Å²) in [6.07, 6.45) is 0. The molecule has 27 heavy (non-hydrogen) atoms. The van der Waals surface area contributed by atoms with Gasteiger partial charge in [0.05, 0.1) is 0 Å². The van der Waals surface area contributed by atoms with Crippen LogP contribution in [0.4, 0.5) is 5.82 Å². The Labute approximate surface area is 157 Å². The number of anilines is 1. The molecule has 1 N–H and O–H groups in total. The lowest BCUT2D eigenvalue weighted by atomic mass is 10.0. The monoisotopic (exact) mass is 363 g/mol. The van der Waals surface area contributed by atoms with E-state index in [1.165, 1.54) is 4.90 Å². The number of carbonyl (C=O) groups excluding carboxylic acids is 2. The summed E-state index contributed by atoms with van der Waals surface area (Å²) in [6, 6.07) is 19.0. The molecule has 0 bridgehead atoms. The van der Waals surface area contributed by atoms with E-state index in [4.69, 9.17) is 4.52 Å². The average molecular weight is 363 g/mol. The number of nitrogens with one attached hydrogen (secondary N) is 1. The molecule has 6 heteroatoms. The summed E-state index contributed by atoms with van der Waals surface area (Å²) in [6.45, 7) is 3.94. The van der Waals surface area contributed by atoms with Gasteiger partial charge in [0.15, 0.2) is 5.82 Å². The predicted octanol–water partition coefficient (Wildman–Crippen LogP) is 3.75. The standard InChI is InChI=1S/C21H21N3O3/c1-3-24(14-20(25)22-19-13-15(2)27-23-19)21(26)18-11-9-17(10-12-18)16-7-5-4-6-8-16/h4-13H,3,14H2,1-2H3,(H,22,23,25). The molecule has 1 aromatic heterocycles. The first-order valence-corrected chi connectivity index (χ1v) is 8.74. The van der Waals surface area contributed by atoms with Crippen molar-refractivity contribution < 1.29 is 14.1 Å². The molecule has 3 rings (SSSR count). The summed E-state index contributed by atoms with van der Waals surface area (Å²) in [7, 11) is 0. The summed E-state index contributed by atoms with van der Waals surface area (Å²) < 4.78 is 4.92. The molecule has 6 nitrogen and oxygen atoms in total. The maximum absolute atomic E-state index is 12.7. The van der Waals surface area contributed by atoms with E-state index >= 15 is 0 Å². The van der Waals surface area contributed by atoms with Crippen LogP contribution in [0.1, 0.15) is 23.0 Å². The van der Waals surface area contributed by atoms with Gasteiger partial charge in [-0.2, -0.15) is 0 Å². The molecular formula is C21H21N3O3. The number of benzene rings is 2. The molecule has 0 aliphatic heterocycles. The second-order valence-corrected chi connectivity index (χ2v) is 6.13. The Balaban J connectivity index is 1.66. The van der Waals surface area contributed by atoms with Gasteiger partial charge in [0, 0.05) is 18.2 Å². The third-order valence-corrected chi connectivity index (χ3v) is 4.14. The number of hydrogen-bond donors (Lipinski definition) is 1. The van der Waals surface area contributed by atoms with Gasteiger partial charge >= 0.3 is 0 Å². The molecule has 0 saturated heterocycles. The van der Waals surface area contributed by atoms with Gasteiger partial charge in [-0.25, -0.2) is 0 Å². The molecule has 0 fully saturated rings. The number of carbonyl (C=O) groups is 2. The second kappa shape index (κ2) is 8.31. The zero-order chi connectivity index (χ0) is 19.2. The number of aromatic nitrogens is 1. The third kappa shape index (κ3) is 4.61. The number of aryl methyl sites for hydroxylation is 1. The first kappa shape index (κ1) is 18.4. The van der Waals surface area contributed by atoms with E-state index in [9.17, 15) is 9.59 Å². The summed E-state index contributed by atoms with van der Waals surface area (Å²) in [5.41, 5.74) is 2.67. The summed E-state index contributed by atoms with van der Waals surface area (Å²) in [5, 5.41) is 6.35. The van der Waals surface area contributed by atoms with Crippen LogP contribution >= 0.6 is 0 Å². The fraction of sp³-hybridized carbons (Fsp3) is 0.190. The summed E-state index contributed by atoms with van der Waals surface area (Å²) in [4.78, 5) is 26.4. The zero-order valence-electron chi connectivity index (χ0n) is 15.3. The topological polar surface area (TPSA) is 75.4 Å². The van der Waals surface area contributed by atoms with E-state index in [0.29, 0.717) is 23.7 Å². The summed E-state index contributed by atoms with van der Waals surface area (Å²) >= 11 is 0. The fourth-order valence-electron chi connectivity index (χ4n) is 2.73. The van der Waals surface area contributed by atoms with Crippen molar-refractivity contribution in [2.45, 2.75) is 13.8 Å². The Morgan fingerprint density at radius 3 is 2.30 bits per heavy atom. The van der Waals surface area contributed by atoms with Crippen molar-refractivity contribution in [3.63, 3.8) is 0 Å². The van der Waals surface area contributed by atoms with Crippen molar-refractivity contribution in [3.05, 3.63) is 72.0 Å². The van der Waals surface area contributed by atoms with Crippen LogP contribution in [0, 0.1) is 6.92 Å². The molecule has 138 valence electrons. The van der Waals surface area contributed by atoms with Crippen molar-refractivity contribution in [1.82, 2.24) is 10.1 Å². The van der Waals surface area contributed by atoms with Gasteiger partial charge < -0.3 is 14.7 Å². The van der Waals surface area contributed by atoms with Gasteiger partial charge in [-0.3, -0.25) is 9.59 Å². The van der Waals surface area contributed by atoms with E-state index in [2.05, 4.69) is 10.5 Å². The van der Waals surface area contributed by atoms with Crippen LogP contribution in [-0.2, 0) is 4.79 Å². The number of hydrogen-bond acceptors (Lipinski definition) is 4. The molecular weight excluding hydrogens is 342 g/mol. The highest BCUT2D eigenvalue weighted by molar-refractivity contribution is 5.99. The van der Waals surface area contributed by atoms with Crippen molar-refractivity contribution in [2.24, 2.45) is 0 Å². The Hall–Kier alpha value is -3.41. The van der Waals surface area contributed by atoms with Gasteiger partial charge in [0.25, 0.3) is 5.91 Å². The Kier molecular flexibility index (Phi) is 5.66. The lowest BCUT2D eigenvalue weighted by Crippen LogP contribution is -2.37. The molecule has 0 spiro atoms. The lowest BCUT2D eigenvalue weighted by Gasteiger charge is -2.20. The van der Waals surface area contributed by atoms with Gasteiger partial charge in [-0.05, 0) is 37.1 Å². The maximum atomic E-state index is 12.7. The molecule has 1 heterocycles. The fourth-order valence-corrected chi connectivity index (χ4v) is 2.73. The lowest BCUT2D eigenvalue weighted by molar-refractivity contribution is -0.116. The highest BCUT2D eigenvalue weighted by Gasteiger charge is 2.18. The van der Waals surface area contributed by atoms with Crippen LogP contribution in [0.25, 0.3) is 11.1 Å². The largest absolute Gasteiger partial charge is 0.360 e. The normalized spacial score (nSPS) is 10.4. The minimum absolute atomic E-state index is 0.0539. The Bertz CT molecular complexity index is 917. The van der Waals surface area contributed by atoms with Crippen LogP contribution in [0.3, 0.4) is 0 Å². The summed E-state index contributed by atoms with van der Waals surface area (Å²) in [5.74, 6) is 0.434. The van der Waals surface area contributed by atoms with Crippen LogP contribution in [0.2, 0.25) is 0 Å². The molecule has 0 atom stereocenters. The van der Waals surface area contributed by atoms with E-state index < -0.39 is 0 Å². The van der Waals surface area contributed by atoms with E-state index in [1.54, 1.807) is 25.1 Å². The highest BCUT2D eigenvalue weighted by atomic mass is 16.5. The Morgan fingerprint density at radius 1 is 1.04 bits per heavy atom. The number of likely N-dealkylation sites (N-methyl/N-ethyl adjacent to an activating group) is 1. The van der Waals surface area contributed by atoms with Crippen molar-refractivity contribution in [2.75, 3.05) is 18.4 Å². The van der Waals surface area contributed by atoms with E-state index in [0.717, 1.165) is 11.1 Å². The molecule has 3 aromatic rings. The molecule has 0 radical (unpaired) electrons. The molecule has 0 saturated carbocycles. The van der Waals surface area contributed by atoms with Gasteiger partial charge in [-0.15, -0.1) is 0 Å². The average Bonchev–Trinajstić information content (AvgIpc) is 3.11. The predicted molar refractivity (Wildman–Crippen MR) is 103 cm³/mol. The molecule has 0 aliphatic rings. The first-order chi connectivity index (χ1) is 13.1. The van der Waals surface area contributed by atoms with Crippen molar-refractivity contribution >= 4 is 17.6 Å². The molecule has 2 aromatic carbocycles. The van der Waals surface area contributed by atoms with Crippen LogP contribution in [0.5, 0.6) is 0 Å². The first-order valence-electron chi connectivity index (χ1n) is 8.74. The van der Waals surface area contributed by atoms with Crippen molar-refractivity contribution in [1.29, 1.82) is 0 Å². The molecule has 0 unspecified atom stereocenters. The SMILES string of the molecule is CCN(CC(=O)Nc1cc(C)on1)C(=O)c1ccc(-c2ccccc2)cc1. The molecule has 0 aliphatic carbocycles. The van der Waals surface area contributed by atoms with Crippen LogP contribution < -0.4 is 5.32 Å². The zero-order valence-corrected chi connectivity index (χ0v) is 15.3. The smallest absolute Gasteiger partial charge is 0.254 e. The second-order valence-electron chi connectivity index (χ2n) is 6.13. The Morgan fingerprint density at radius 2 is 1.70 bits per heavy atom. The van der Waals surface area contributed by atoms with Gasteiger partial charge in [0.2, 0.25) is 5.91 Å². The minimum atomic E-state index is -0.320. The van der Waals surface area contributed by atoms with E-state index in [1.807, 2.05) is 49.4 Å². The van der Waals surface area contributed by atoms with Gasteiger partial charge in [-0.1, -0.05) is 47.6 Å². The van der Waals surface area contributed by atoms with Crippen molar-refractivity contribution in [3.8, 4) is 11.1 Å². The maximum Gasteiger partial charge on any atom is 0.254 e. The number of rotatable bonds is 6. The highest BCUT2D eigenvalue weighted by Crippen LogP contribution is 2.20. The van der Waals surface area contributed by atoms with Crippen LogP contribution in [-0.4, -0.2) is 35.0 Å². The minimum Gasteiger partial charge on any atom is -0.360 e.